The molecule has 166 valence electrons. The Morgan fingerprint density at radius 3 is 2.67 bits per heavy atom. The summed E-state index contributed by atoms with van der Waals surface area (Å²) >= 11 is 0. The summed E-state index contributed by atoms with van der Waals surface area (Å²) in [4.78, 5) is 7.40. The van der Waals surface area contributed by atoms with E-state index in [1.54, 1.807) is 0 Å². The molecule has 0 bridgehead atoms. The molecule has 1 fully saturated rings. The molecule has 3 rings (SSSR count). The lowest BCUT2D eigenvalue weighted by molar-refractivity contribution is 0.258. The van der Waals surface area contributed by atoms with Crippen LogP contribution in [-0.4, -0.2) is 47.7 Å². The molecular weight excluding hydrogens is 489 g/mol. The second kappa shape index (κ2) is 11.7. The van der Waals surface area contributed by atoms with Crippen molar-refractivity contribution in [3.05, 3.63) is 52.9 Å². The Kier molecular flexibility index (Phi) is 9.61. The molecule has 7 heteroatoms. The molecule has 3 atom stereocenters. The first-order valence-corrected chi connectivity index (χ1v) is 10.7. The van der Waals surface area contributed by atoms with Crippen molar-refractivity contribution in [1.29, 1.82) is 0 Å². The fourth-order valence-corrected chi connectivity index (χ4v) is 4.27. The SMILES string of the molecule is CCNC(=NCC(C)c1c(C)noc1C)NC1CC(C)N(Cc2ccccc2)C1.I. The lowest BCUT2D eigenvalue weighted by atomic mass is 10.00. The molecule has 0 radical (unpaired) electrons. The smallest absolute Gasteiger partial charge is 0.191 e. The Labute approximate surface area is 197 Å². The molecule has 2 aromatic rings. The Morgan fingerprint density at radius 2 is 2.03 bits per heavy atom. The standard InChI is InChI=1S/C23H35N5O.HI/c1-6-24-23(25-13-16(2)22-18(4)27-29-19(22)5)26-21-12-17(3)28(15-21)14-20-10-8-7-9-11-20;/h7-11,16-17,21H,6,12-15H2,1-5H3,(H2,24,25,26);1H. The van der Waals surface area contributed by atoms with Gasteiger partial charge in [0.05, 0.1) is 5.69 Å². The number of likely N-dealkylation sites (tertiary alicyclic amines) is 1. The number of guanidine groups is 1. The van der Waals surface area contributed by atoms with Crippen LogP contribution in [0.25, 0.3) is 0 Å². The zero-order chi connectivity index (χ0) is 20.8. The third kappa shape index (κ3) is 6.44. The summed E-state index contributed by atoms with van der Waals surface area (Å²) in [5.74, 6) is 2.06. The van der Waals surface area contributed by atoms with Gasteiger partial charge in [0.15, 0.2) is 5.96 Å². The minimum atomic E-state index is 0. The maximum atomic E-state index is 5.32. The van der Waals surface area contributed by atoms with Crippen LogP contribution in [0.15, 0.2) is 39.8 Å². The minimum absolute atomic E-state index is 0. The van der Waals surface area contributed by atoms with Gasteiger partial charge < -0.3 is 15.2 Å². The third-order valence-electron chi connectivity index (χ3n) is 5.72. The molecule has 0 amide bonds. The molecule has 30 heavy (non-hydrogen) atoms. The second-order valence-electron chi connectivity index (χ2n) is 8.20. The van der Waals surface area contributed by atoms with E-state index in [-0.39, 0.29) is 29.9 Å². The van der Waals surface area contributed by atoms with Crippen LogP contribution in [-0.2, 0) is 6.54 Å². The van der Waals surface area contributed by atoms with Crippen molar-refractivity contribution in [3.63, 3.8) is 0 Å². The molecule has 2 N–H and O–H groups in total. The highest BCUT2D eigenvalue weighted by Crippen LogP contribution is 2.23. The van der Waals surface area contributed by atoms with Gasteiger partial charge in [-0.25, -0.2) is 0 Å². The topological polar surface area (TPSA) is 65.7 Å². The highest BCUT2D eigenvalue weighted by Gasteiger charge is 2.29. The van der Waals surface area contributed by atoms with Gasteiger partial charge in [-0.05, 0) is 39.7 Å². The molecule has 1 aliphatic rings. The first-order valence-electron chi connectivity index (χ1n) is 10.7. The van der Waals surface area contributed by atoms with Crippen LogP contribution >= 0.6 is 24.0 Å². The normalized spacial score (nSPS) is 20.6. The van der Waals surface area contributed by atoms with Crippen molar-refractivity contribution >= 4 is 29.9 Å². The number of halogens is 1. The van der Waals surface area contributed by atoms with Gasteiger partial charge in [-0.1, -0.05) is 42.4 Å². The predicted molar refractivity (Wildman–Crippen MR) is 134 cm³/mol. The van der Waals surface area contributed by atoms with E-state index in [4.69, 9.17) is 9.52 Å². The fraction of sp³-hybridized carbons (Fsp3) is 0.565. The lowest BCUT2D eigenvalue weighted by Crippen LogP contribution is -2.44. The Bertz CT molecular complexity index is 788. The van der Waals surface area contributed by atoms with Crippen LogP contribution in [0.1, 0.15) is 55.7 Å². The summed E-state index contributed by atoms with van der Waals surface area (Å²) < 4.78 is 5.32. The van der Waals surface area contributed by atoms with Crippen LogP contribution in [0.4, 0.5) is 0 Å². The number of nitrogens with one attached hydrogen (secondary N) is 2. The van der Waals surface area contributed by atoms with E-state index in [1.807, 2.05) is 13.8 Å². The van der Waals surface area contributed by atoms with Gasteiger partial charge in [-0.2, -0.15) is 0 Å². The van der Waals surface area contributed by atoms with E-state index in [2.05, 4.69) is 71.8 Å². The summed E-state index contributed by atoms with van der Waals surface area (Å²) in [6, 6.07) is 11.7. The quantitative estimate of drug-likeness (QED) is 0.322. The van der Waals surface area contributed by atoms with Crippen molar-refractivity contribution in [2.24, 2.45) is 4.99 Å². The van der Waals surface area contributed by atoms with Crippen molar-refractivity contribution in [3.8, 4) is 0 Å². The molecular formula is C23H36IN5O. The highest BCUT2D eigenvalue weighted by atomic mass is 127. The predicted octanol–water partition coefficient (Wildman–Crippen LogP) is 4.23. The van der Waals surface area contributed by atoms with Crippen molar-refractivity contribution in [2.45, 2.75) is 65.6 Å². The number of aryl methyl sites for hydroxylation is 2. The van der Waals surface area contributed by atoms with Crippen molar-refractivity contribution in [2.75, 3.05) is 19.6 Å². The molecule has 1 aromatic heterocycles. The average Bonchev–Trinajstić information content (AvgIpc) is 3.21. The molecule has 0 aliphatic carbocycles. The number of rotatable bonds is 7. The number of nitrogens with zero attached hydrogens (tertiary/aromatic N) is 3. The maximum Gasteiger partial charge on any atom is 0.191 e. The monoisotopic (exact) mass is 525 g/mol. The van der Waals surface area contributed by atoms with Crippen LogP contribution in [0, 0.1) is 13.8 Å². The molecule has 3 unspecified atom stereocenters. The molecule has 2 heterocycles. The van der Waals surface area contributed by atoms with Gasteiger partial charge in [0, 0.05) is 49.7 Å². The van der Waals surface area contributed by atoms with Gasteiger partial charge in [0.1, 0.15) is 5.76 Å². The summed E-state index contributed by atoms with van der Waals surface area (Å²) in [7, 11) is 0. The van der Waals surface area contributed by atoms with Gasteiger partial charge >= 0.3 is 0 Å². The first-order chi connectivity index (χ1) is 14.0. The average molecular weight is 525 g/mol. The van der Waals surface area contributed by atoms with Gasteiger partial charge in [0.25, 0.3) is 0 Å². The van der Waals surface area contributed by atoms with Crippen LogP contribution < -0.4 is 10.6 Å². The Hall–Kier alpha value is -1.61. The van der Waals surface area contributed by atoms with Crippen LogP contribution in [0.2, 0.25) is 0 Å². The summed E-state index contributed by atoms with van der Waals surface area (Å²) in [5.41, 5.74) is 3.51. The zero-order valence-corrected chi connectivity index (χ0v) is 21.1. The van der Waals surface area contributed by atoms with Gasteiger partial charge in [-0.15, -0.1) is 24.0 Å². The zero-order valence-electron chi connectivity index (χ0n) is 18.8. The van der Waals surface area contributed by atoms with E-state index in [0.29, 0.717) is 18.6 Å². The summed E-state index contributed by atoms with van der Waals surface area (Å²) in [6.45, 7) is 14.1. The number of aromatic nitrogens is 1. The molecule has 0 spiro atoms. The maximum absolute atomic E-state index is 5.32. The molecule has 6 nitrogen and oxygen atoms in total. The number of hydrogen-bond acceptors (Lipinski definition) is 4. The number of benzene rings is 1. The number of hydrogen-bond donors (Lipinski definition) is 2. The summed E-state index contributed by atoms with van der Waals surface area (Å²) in [6.07, 6.45) is 1.12. The molecule has 1 saturated heterocycles. The van der Waals surface area contributed by atoms with Crippen LogP contribution in [0.3, 0.4) is 0 Å². The molecule has 1 aromatic carbocycles. The molecule has 1 aliphatic heterocycles. The van der Waals surface area contributed by atoms with E-state index < -0.39 is 0 Å². The minimum Gasteiger partial charge on any atom is -0.361 e. The Balaban J connectivity index is 0.00000320. The lowest BCUT2D eigenvalue weighted by Gasteiger charge is -2.21. The van der Waals surface area contributed by atoms with E-state index >= 15 is 0 Å². The van der Waals surface area contributed by atoms with Crippen molar-refractivity contribution < 1.29 is 4.52 Å². The summed E-state index contributed by atoms with van der Waals surface area (Å²) in [5, 5.41) is 11.1. The van der Waals surface area contributed by atoms with E-state index in [0.717, 1.165) is 43.5 Å². The van der Waals surface area contributed by atoms with E-state index in [9.17, 15) is 0 Å². The fourth-order valence-electron chi connectivity index (χ4n) is 4.27. The number of aliphatic imine (C=N–C) groups is 1. The largest absolute Gasteiger partial charge is 0.361 e. The first kappa shape index (κ1) is 24.7. The van der Waals surface area contributed by atoms with Crippen molar-refractivity contribution in [1.82, 2.24) is 20.7 Å². The second-order valence-corrected chi connectivity index (χ2v) is 8.20. The van der Waals surface area contributed by atoms with Gasteiger partial charge in [0.2, 0.25) is 0 Å². The van der Waals surface area contributed by atoms with E-state index in [1.165, 1.54) is 11.1 Å². The third-order valence-corrected chi connectivity index (χ3v) is 5.72. The Morgan fingerprint density at radius 1 is 1.30 bits per heavy atom. The van der Waals surface area contributed by atoms with Gasteiger partial charge in [-0.3, -0.25) is 9.89 Å². The van der Waals surface area contributed by atoms with Crippen LogP contribution in [0.5, 0.6) is 0 Å². The molecule has 0 saturated carbocycles. The highest BCUT2D eigenvalue weighted by molar-refractivity contribution is 14.0.